The zero-order valence-electron chi connectivity index (χ0n) is 10.8. The highest BCUT2D eigenvalue weighted by Gasteiger charge is 2.24. The fourth-order valence-corrected chi connectivity index (χ4v) is 2.41. The molecule has 1 aliphatic carbocycles. The molecule has 0 bridgehead atoms. The van der Waals surface area contributed by atoms with Crippen LogP contribution in [0.2, 0.25) is 0 Å². The van der Waals surface area contributed by atoms with Crippen molar-refractivity contribution in [1.82, 2.24) is 10.2 Å². The quantitative estimate of drug-likeness (QED) is 0.860. The molecule has 1 heterocycles. The summed E-state index contributed by atoms with van der Waals surface area (Å²) in [5, 5.41) is 19.6. The Morgan fingerprint density at radius 3 is 2.61 bits per heavy atom. The molecule has 18 heavy (non-hydrogen) atoms. The molecule has 0 radical (unpaired) electrons. The van der Waals surface area contributed by atoms with Gasteiger partial charge < -0.3 is 10.4 Å². The summed E-state index contributed by atoms with van der Waals surface area (Å²) in [4.78, 5) is 10.7. The monoisotopic (exact) mass is 249 g/mol. The van der Waals surface area contributed by atoms with E-state index in [-0.39, 0.29) is 5.69 Å². The summed E-state index contributed by atoms with van der Waals surface area (Å²) >= 11 is 0. The van der Waals surface area contributed by atoms with E-state index in [1.165, 1.54) is 12.5 Å². The van der Waals surface area contributed by atoms with E-state index in [9.17, 15) is 4.79 Å². The van der Waals surface area contributed by atoms with Gasteiger partial charge in [-0.2, -0.15) is 0 Å². The van der Waals surface area contributed by atoms with E-state index in [2.05, 4.69) is 29.4 Å². The van der Waals surface area contributed by atoms with Crippen molar-refractivity contribution in [2.75, 3.05) is 5.32 Å². The number of anilines is 1. The second kappa shape index (κ2) is 5.33. The highest BCUT2D eigenvalue weighted by atomic mass is 16.4. The number of carboxylic acid groups (broad SMARTS) is 1. The summed E-state index contributed by atoms with van der Waals surface area (Å²) in [5.74, 6) is 1.10. The van der Waals surface area contributed by atoms with Gasteiger partial charge >= 0.3 is 5.97 Å². The van der Waals surface area contributed by atoms with Crippen LogP contribution in [0.3, 0.4) is 0 Å². The van der Waals surface area contributed by atoms with Crippen LogP contribution in [-0.2, 0) is 0 Å². The number of hydrogen-bond donors (Lipinski definition) is 2. The Hall–Kier alpha value is -1.65. The number of carbonyl (C=O) groups is 1. The molecule has 98 valence electrons. The number of carboxylic acids is 1. The molecule has 0 spiro atoms. The van der Waals surface area contributed by atoms with Gasteiger partial charge in [-0.05, 0) is 43.2 Å². The van der Waals surface area contributed by atoms with E-state index in [1.54, 1.807) is 6.07 Å². The minimum absolute atomic E-state index is 0.0221. The van der Waals surface area contributed by atoms with Crippen LogP contribution in [0.25, 0.3) is 0 Å². The highest BCUT2D eigenvalue weighted by Crippen LogP contribution is 2.30. The van der Waals surface area contributed by atoms with Crippen molar-refractivity contribution in [2.24, 2.45) is 11.8 Å². The van der Waals surface area contributed by atoms with Crippen molar-refractivity contribution >= 4 is 11.8 Å². The molecule has 1 aromatic rings. The molecule has 3 atom stereocenters. The molecule has 1 aromatic heterocycles. The summed E-state index contributed by atoms with van der Waals surface area (Å²) in [7, 11) is 0. The van der Waals surface area contributed by atoms with Gasteiger partial charge in [0, 0.05) is 6.04 Å². The first-order valence-electron chi connectivity index (χ1n) is 6.40. The van der Waals surface area contributed by atoms with E-state index in [0.717, 1.165) is 18.8 Å². The molecule has 1 saturated carbocycles. The summed E-state index contributed by atoms with van der Waals surface area (Å²) in [5.41, 5.74) is -0.0221. The van der Waals surface area contributed by atoms with E-state index in [1.807, 2.05) is 0 Å². The fraction of sp³-hybridized carbons (Fsp3) is 0.615. The standard InChI is InChI=1S/C13H19N3O2/c1-8-3-4-10(7-9(8)2)14-12-6-5-11(13(17)18)15-16-12/h5-6,8-10H,3-4,7H2,1-2H3,(H,14,16)(H,17,18). The van der Waals surface area contributed by atoms with Crippen LogP contribution in [0, 0.1) is 11.8 Å². The number of aromatic carboxylic acids is 1. The number of nitrogens with one attached hydrogen (secondary N) is 1. The molecule has 5 nitrogen and oxygen atoms in total. The van der Waals surface area contributed by atoms with Crippen molar-refractivity contribution < 1.29 is 9.90 Å². The Kier molecular flexibility index (Phi) is 3.79. The van der Waals surface area contributed by atoms with Crippen molar-refractivity contribution in [3.63, 3.8) is 0 Å². The molecule has 3 unspecified atom stereocenters. The number of rotatable bonds is 3. The Morgan fingerprint density at radius 2 is 2.06 bits per heavy atom. The minimum Gasteiger partial charge on any atom is -0.476 e. The predicted molar refractivity (Wildman–Crippen MR) is 68.6 cm³/mol. The van der Waals surface area contributed by atoms with Gasteiger partial charge in [-0.1, -0.05) is 13.8 Å². The van der Waals surface area contributed by atoms with E-state index < -0.39 is 5.97 Å². The average Bonchev–Trinajstić information content (AvgIpc) is 2.34. The molecule has 2 N–H and O–H groups in total. The topological polar surface area (TPSA) is 75.1 Å². The van der Waals surface area contributed by atoms with Gasteiger partial charge in [0.05, 0.1) is 0 Å². The van der Waals surface area contributed by atoms with Crippen molar-refractivity contribution in [3.05, 3.63) is 17.8 Å². The first-order chi connectivity index (χ1) is 8.56. The van der Waals surface area contributed by atoms with Crippen molar-refractivity contribution in [2.45, 2.75) is 39.2 Å². The summed E-state index contributed by atoms with van der Waals surface area (Å²) in [6.45, 7) is 4.57. The van der Waals surface area contributed by atoms with Crippen molar-refractivity contribution in [3.8, 4) is 0 Å². The first-order valence-corrected chi connectivity index (χ1v) is 6.40. The van der Waals surface area contributed by atoms with Gasteiger partial charge in [-0.3, -0.25) is 0 Å². The third-order valence-corrected chi connectivity index (χ3v) is 3.83. The first kappa shape index (κ1) is 12.8. The average molecular weight is 249 g/mol. The van der Waals surface area contributed by atoms with E-state index in [0.29, 0.717) is 17.8 Å². The van der Waals surface area contributed by atoms with Crippen LogP contribution in [-0.4, -0.2) is 27.3 Å². The maximum Gasteiger partial charge on any atom is 0.356 e. The number of nitrogens with zero attached hydrogens (tertiary/aromatic N) is 2. The predicted octanol–water partition coefficient (Wildman–Crippen LogP) is 2.41. The summed E-state index contributed by atoms with van der Waals surface area (Å²) < 4.78 is 0. The third kappa shape index (κ3) is 2.97. The lowest BCUT2D eigenvalue weighted by Gasteiger charge is -2.32. The lowest BCUT2D eigenvalue weighted by Crippen LogP contribution is -2.30. The normalized spacial score (nSPS) is 27.8. The van der Waals surface area contributed by atoms with Crippen LogP contribution in [0.5, 0.6) is 0 Å². The second-order valence-electron chi connectivity index (χ2n) is 5.22. The minimum atomic E-state index is -1.05. The zero-order chi connectivity index (χ0) is 13.1. The molecule has 1 fully saturated rings. The molecule has 5 heteroatoms. The van der Waals surface area contributed by atoms with Gasteiger partial charge in [0.1, 0.15) is 5.82 Å². The summed E-state index contributed by atoms with van der Waals surface area (Å²) in [6.07, 6.45) is 3.48. The van der Waals surface area contributed by atoms with Crippen molar-refractivity contribution in [1.29, 1.82) is 0 Å². The third-order valence-electron chi connectivity index (χ3n) is 3.83. The molecular formula is C13H19N3O2. The van der Waals surface area contributed by atoms with Gasteiger partial charge in [0.15, 0.2) is 5.69 Å². The molecule has 0 aliphatic heterocycles. The van der Waals surface area contributed by atoms with E-state index >= 15 is 0 Å². The molecule has 0 aromatic carbocycles. The maximum atomic E-state index is 10.7. The molecule has 1 aliphatic rings. The van der Waals surface area contributed by atoms with Crippen LogP contribution in [0.1, 0.15) is 43.6 Å². The lowest BCUT2D eigenvalue weighted by molar-refractivity contribution is 0.0689. The molecule has 0 amide bonds. The second-order valence-corrected chi connectivity index (χ2v) is 5.22. The fourth-order valence-electron chi connectivity index (χ4n) is 2.41. The highest BCUT2D eigenvalue weighted by molar-refractivity contribution is 5.85. The smallest absolute Gasteiger partial charge is 0.356 e. The van der Waals surface area contributed by atoms with Gasteiger partial charge in [-0.25, -0.2) is 4.79 Å². The Morgan fingerprint density at radius 1 is 1.28 bits per heavy atom. The Balaban J connectivity index is 1.95. The van der Waals surface area contributed by atoms with Gasteiger partial charge in [0.2, 0.25) is 0 Å². The zero-order valence-corrected chi connectivity index (χ0v) is 10.8. The van der Waals surface area contributed by atoms with Crippen LogP contribution in [0.15, 0.2) is 12.1 Å². The van der Waals surface area contributed by atoms with Crippen LogP contribution >= 0.6 is 0 Å². The molecule has 0 saturated heterocycles. The summed E-state index contributed by atoms with van der Waals surface area (Å²) in [6, 6.07) is 3.58. The Labute approximate surface area is 107 Å². The van der Waals surface area contributed by atoms with Gasteiger partial charge in [-0.15, -0.1) is 10.2 Å². The molecular weight excluding hydrogens is 230 g/mol. The maximum absolute atomic E-state index is 10.7. The SMILES string of the molecule is CC1CCC(Nc2ccc(C(=O)O)nn2)CC1C. The number of aromatic nitrogens is 2. The molecule has 2 rings (SSSR count). The Bertz CT molecular complexity index is 419. The van der Waals surface area contributed by atoms with Gasteiger partial charge in [0.25, 0.3) is 0 Å². The largest absolute Gasteiger partial charge is 0.476 e. The lowest BCUT2D eigenvalue weighted by atomic mass is 9.79. The van der Waals surface area contributed by atoms with E-state index in [4.69, 9.17) is 5.11 Å². The number of hydrogen-bond acceptors (Lipinski definition) is 4. The van der Waals surface area contributed by atoms with Crippen LogP contribution < -0.4 is 5.32 Å². The van der Waals surface area contributed by atoms with Crippen LogP contribution in [0.4, 0.5) is 5.82 Å².